The van der Waals surface area contributed by atoms with Gasteiger partial charge in [0, 0.05) is 22.7 Å². The third-order valence-corrected chi connectivity index (χ3v) is 4.04. The van der Waals surface area contributed by atoms with E-state index in [1.807, 2.05) is 31.3 Å². The Morgan fingerprint density at radius 2 is 1.95 bits per heavy atom. The molecule has 1 N–H and O–H groups in total. The molecule has 1 unspecified atom stereocenters. The van der Waals surface area contributed by atoms with Crippen molar-refractivity contribution in [3.8, 4) is 16.9 Å². The van der Waals surface area contributed by atoms with Gasteiger partial charge in [0.1, 0.15) is 11.9 Å². The van der Waals surface area contributed by atoms with Gasteiger partial charge in [-0.2, -0.15) is 0 Å². The highest BCUT2D eigenvalue weighted by molar-refractivity contribution is 6.33. The van der Waals surface area contributed by atoms with E-state index in [0.29, 0.717) is 0 Å². The van der Waals surface area contributed by atoms with E-state index < -0.39 is 0 Å². The largest absolute Gasteiger partial charge is 0.488 e. The second kappa shape index (κ2) is 5.86. The summed E-state index contributed by atoms with van der Waals surface area (Å²) >= 11 is 6.33. The third kappa shape index (κ3) is 2.54. The minimum absolute atomic E-state index is 0.233. The van der Waals surface area contributed by atoms with Crippen LogP contribution >= 0.6 is 11.6 Å². The first-order valence-electron chi connectivity index (χ1n) is 6.97. The molecule has 2 nitrogen and oxygen atoms in total. The number of aryl methyl sites for hydroxylation is 1. The highest BCUT2D eigenvalue weighted by Gasteiger charge is 2.22. The summed E-state index contributed by atoms with van der Waals surface area (Å²) in [6.45, 7) is 0.871. The molecule has 1 atom stereocenters. The summed E-state index contributed by atoms with van der Waals surface area (Å²) in [6.07, 6.45) is 2.34. The van der Waals surface area contributed by atoms with Crippen molar-refractivity contribution < 1.29 is 4.74 Å². The van der Waals surface area contributed by atoms with Gasteiger partial charge in [0.05, 0.1) is 0 Å². The Morgan fingerprint density at radius 1 is 1.15 bits per heavy atom. The van der Waals surface area contributed by atoms with Gasteiger partial charge in [-0.25, -0.2) is 0 Å². The molecule has 3 rings (SSSR count). The number of benzene rings is 2. The number of halogens is 1. The average molecular weight is 288 g/mol. The molecule has 0 aromatic heterocycles. The van der Waals surface area contributed by atoms with Crippen molar-refractivity contribution in [3.05, 3.63) is 53.1 Å². The van der Waals surface area contributed by atoms with Gasteiger partial charge in [0.25, 0.3) is 0 Å². The van der Waals surface area contributed by atoms with Gasteiger partial charge in [-0.05, 0) is 31.5 Å². The van der Waals surface area contributed by atoms with Gasteiger partial charge in [-0.1, -0.05) is 48.0 Å². The predicted octanol–water partition coefficient (Wildman–Crippen LogP) is 3.92. The van der Waals surface area contributed by atoms with E-state index in [0.717, 1.165) is 41.3 Å². The Labute approximate surface area is 124 Å². The smallest absolute Gasteiger partial charge is 0.130 e. The maximum absolute atomic E-state index is 6.33. The molecule has 2 aromatic rings. The first-order valence-corrected chi connectivity index (χ1v) is 7.35. The summed E-state index contributed by atoms with van der Waals surface area (Å²) in [5.41, 5.74) is 3.40. The van der Waals surface area contributed by atoms with Crippen molar-refractivity contribution >= 4 is 11.6 Å². The highest BCUT2D eigenvalue weighted by Crippen LogP contribution is 2.40. The van der Waals surface area contributed by atoms with Crippen LogP contribution in [0.2, 0.25) is 5.02 Å². The van der Waals surface area contributed by atoms with E-state index in [9.17, 15) is 0 Å². The molecule has 0 aliphatic carbocycles. The minimum atomic E-state index is 0.233. The first-order chi connectivity index (χ1) is 9.79. The van der Waals surface area contributed by atoms with Crippen LogP contribution in [0.4, 0.5) is 0 Å². The number of hydrogen-bond acceptors (Lipinski definition) is 2. The van der Waals surface area contributed by atoms with Gasteiger partial charge < -0.3 is 10.1 Å². The van der Waals surface area contributed by atoms with Crippen molar-refractivity contribution in [2.75, 3.05) is 13.6 Å². The first kappa shape index (κ1) is 13.5. The summed E-state index contributed by atoms with van der Waals surface area (Å²) in [5.74, 6) is 0.993. The topological polar surface area (TPSA) is 21.3 Å². The number of hydrogen-bond donors (Lipinski definition) is 1. The maximum Gasteiger partial charge on any atom is 0.130 e. The highest BCUT2D eigenvalue weighted by atomic mass is 35.5. The van der Waals surface area contributed by atoms with Crippen LogP contribution in [0.25, 0.3) is 11.1 Å². The summed E-state index contributed by atoms with van der Waals surface area (Å²) in [7, 11) is 1.96. The molecule has 104 valence electrons. The van der Waals surface area contributed by atoms with Crippen LogP contribution in [0.3, 0.4) is 0 Å². The number of para-hydroxylation sites is 1. The van der Waals surface area contributed by atoms with Crippen LogP contribution in [-0.4, -0.2) is 19.7 Å². The zero-order valence-electron chi connectivity index (χ0n) is 11.5. The Morgan fingerprint density at radius 3 is 2.75 bits per heavy atom. The third-order valence-electron chi connectivity index (χ3n) is 3.71. The molecule has 1 aliphatic heterocycles. The van der Waals surface area contributed by atoms with Gasteiger partial charge in [0.2, 0.25) is 0 Å². The zero-order valence-corrected chi connectivity index (χ0v) is 12.3. The molecule has 1 aliphatic rings. The molecule has 3 heteroatoms. The molecule has 0 saturated carbocycles. The maximum atomic E-state index is 6.33. The minimum Gasteiger partial charge on any atom is -0.488 e. The molecule has 1 heterocycles. The molecule has 0 fully saturated rings. The normalized spacial score (nSPS) is 17.4. The van der Waals surface area contributed by atoms with Gasteiger partial charge in [0.15, 0.2) is 0 Å². The fourth-order valence-corrected chi connectivity index (χ4v) is 2.96. The molecule has 0 saturated heterocycles. The summed E-state index contributed by atoms with van der Waals surface area (Å²) in [4.78, 5) is 0. The van der Waals surface area contributed by atoms with E-state index in [1.165, 1.54) is 5.56 Å². The second-order valence-corrected chi connectivity index (χ2v) is 5.52. The van der Waals surface area contributed by atoms with Gasteiger partial charge in [-0.15, -0.1) is 0 Å². The van der Waals surface area contributed by atoms with Gasteiger partial charge in [-0.3, -0.25) is 0 Å². The SMILES string of the molecule is CNCC1CCc2cccc(-c3ccccc3Cl)c2O1. The van der Waals surface area contributed by atoms with Crippen LogP contribution in [0.15, 0.2) is 42.5 Å². The molecule has 2 aromatic carbocycles. The average Bonchev–Trinajstić information content (AvgIpc) is 2.48. The lowest BCUT2D eigenvalue weighted by Gasteiger charge is -2.28. The fraction of sp³-hybridized carbons (Fsp3) is 0.294. The van der Waals surface area contributed by atoms with Crippen molar-refractivity contribution in [2.45, 2.75) is 18.9 Å². The number of fused-ring (bicyclic) bond motifs is 1. The summed E-state index contributed by atoms with van der Waals surface area (Å²) < 4.78 is 6.19. The van der Waals surface area contributed by atoms with Crippen molar-refractivity contribution in [1.29, 1.82) is 0 Å². The lowest BCUT2D eigenvalue weighted by molar-refractivity contribution is 0.174. The standard InChI is InChI=1S/C17H18ClNO/c1-19-11-13-10-9-12-5-4-7-15(17(12)20-13)14-6-2-3-8-16(14)18/h2-8,13,19H,9-11H2,1H3. The number of likely N-dealkylation sites (N-methyl/N-ethyl adjacent to an activating group) is 1. The Bertz CT molecular complexity index is 612. The molecular formula is C17H18ClNO. The van der Waals surface area contributed by atoms with Crippen molar-refractivity contribution in [2.24, 2.45) is 0 Å². The van der Waals surface area contributed by atoms with Gasteiger partial charge >= 0.3 is 0 Å². The van der Waals surface area contributed by atoms with E-state index in [-0.39, 0.29) is 6.10 Å². The van der Waals surface area contributed by atoms with Crippen LogP contribution in [-0.2, 0) is 6.42 Å². The Kier molecular flexibility index (Phi) is 3.95. The second-order valence-electron chi connectivity index (χ2n) is 5.11. The zero-order chi connectivity index (χ0) is 13.9. The monoisotopic (exact) mass is 287 g/mol. The molecule has 0 spiro atoms. The summed E-state index contributed by atoms with van der Waals surface area (Å²) in [6, 6.07) is 14.2. The number of nitrogens with one attached hydrogen (secondary N) is 1. The van der Waals surface area contributed by atoms with Crippen LogP contribution in [0.1, 0.15) is 12.0 Å². The van der Waals surface area contributed by atoms with E-state index in [2.05, 4.69) is 23.5 Å². The molecule has 0 bridgehead atoms. The number of ether oxygens (including phenoxy) is 1. The van der Waals surface area contributed by atoms with E-state index in [1.54, 1.807) is 0 Å². The molecule has 0 amide bonds. The van der Waals surface area contributed by atoms with Crippen LogP contribution < -0.4 is 10.1 Å². The fourth-order valence-electron chi connectivity index (χ4n) is 2.73. The van der Waals surface area contributed by atoms with Crippen LogP contribution in [0.5, 0.6) is 5.75 Å². The molecule has 0 radical (unpaired) electrons. The lowest BCUT2D eigenvalue weighted by Crippen LogP contribution is -2.32. The number of rotatable bonds is 3. The predicted molar refractivity (Wildman–Crippen MR) is 83.6 cm³/mol. The van der Waals surface area contributed by atoms with Crippen molar-refractivity contribution in [1.82, 2.24) is 5.32 Å². The summed E-state index contributed by atoms with van der Waals surface area (Å²) in [5, 5.41) is 3.95. The lowest BCUT2D eigenvalue weighted by atomic mass is 9.95. The molecular weight excluding hydrogens is 270 g/mol. The van der Waals surface area contributed by atoms with Crippen molar-refractivity contribution in [3.63, 3.8) is 0 Å². The Balaban J connectivity index is 2.04. The van der Waals surface area contributed by atoms with E-state index in [4.69, 9.17) is 16.3 Å². The molecule has 20 heavy (non-hydrogen) atoms. The van der Waals surface area contributed by atoms with E-state index >= 15 is 0 Å². The quantitative estimate of drug-likeness (QED) is 0.924. The van der Waals surface area contributed by atoms with Crippen LogP contribution in [0, 0.1) is 0 Å². The Hall–Kier alpha value is -1.51.